The number of urea groups is 1. The number of thiophene rings is 1. The van der Waals surface area contributed by atoms with Gasteiger partial charge in [-0.15, -0.1) is 11.3 Å². The van der Waals surface area contributed by atoms with Crippen LogP contribution in [0.1, 0.15) is 24.6 Å². The molecule has 1 unspecified atom stereocenters. The minimum Gasteiger partial charge on any atom is -0.481 e. The molecular formula is C14H20N2O3S. The molecule has 0 aliphatic carbocycles. The lowest BCUT2D eigenvalue weighted by molar-refractivity contribution is -0.148. The van der Waals surface area contributed by atoms with Crippen molar-refractivity contribution in [3.8, 4) is 0 Å². The maximum absolute atomic E-state index is 12.4. The first-order valence-corrected chi connectivity index (χ1v) is 7.62. The molecule has 1 aromatic heterocycles. The zero-order chi connectivity index (χ0) is 14.8. The van der Waals surface area contributed by atoms with E-state index in [0.717, 1.165) is 4.88 Å². The van der Waals surface area contributed by atoms with Gasteiger partial charge >= 0.3 is 12.0 Å². The third-order valence-corrected chi connectivity index (χ3v) is 4.92. The monoisotopic (exact) mass is 296 g/mol. The molecule has 1 saturated heterocycles. The van der Waals surface area contributed by atoms with Gasteiger partial charge in [-0.25, -0.2) is 4.79 Å². The van der Waals surface area contributed by atoms with E-state index in [4.69, 9.17) is 0 Å². The minimum atomic E-state index is -0.795. The highest BCUT2D eigenvalue weighted by Crippen LogP contribution is 2.34. The van der Waals surface area contributed by atoms with Crippen molar-refractivity contribution in [3.05, 3.63) is 22.4 Å². The predicted molar refractivity (Wildman–Crippen MR) is 77.7 cm³/mol. The van der Waals surface area contributed by atoms with Crippen molar-refractivity contribution < 1.29 is 14.7 Å². The Balaban J connectivity index is 1.98. The van der Waals surface area contributed by atoms with E-state index in [1.165, 1.54) is 0 Å². The Hall–Kier alpha value is -1.56. The number of rotatable bonds is 4. The summed E-state index contributed by atoms with van der Waals surface area (Å²) in [5, 5.41) is 11.3. The van der Waals surface area contributed by atoms with Gasteiger partial charge in [0.05, 0.1) is 12.0 Å². The van der Waals surface area contributed by atoms with Gasteiger partial charge < -0.3 is 14.9 Å². The van der Waals surface area contributed by atoms with Gasteiger partial charge in [0.25, 0.3) is 0 Å². The molecule has 1 N–H and O–H groups in total. The molecule has 2 rings (SSSR count). The van der Waals surface area contributed by atoms with E-state index >= 15 is 0 Å². The largest absolute Gasteiger partial charge is 0.481 e. The number of amides is 2. The average molecular weight is 296 g/mol. The van der Waals surface area contributed by atoms with Crippen molar-refractivity contribution in [2.45, 2.75) is 26.3 Å². The second-order valence-corrected chi connectivity index (χ2v) is 6.36. The van der Waals surface area contributed by atoms with Crippen LogP contribution in [-0.4, -0.2) is 47.0 Å². The van der Waals surface area contributed by atoms with Crippen LogP contribution in [0.2, 0.25) is 0 Å². The van der Waals surface area contributed by atoms with Gasteiger partial charge in [0, 0.05) is 25.0 Å². The van der Waals surface area contributed by atoms with Crippen LogP contribution < -0.4 is 0 Å². The Labute approximate surface area is 122 Å². The summed E-state index contributed by atoms with van der Waals surface area (Å²) >= 11 is 1.61. The molecule has 110 valence electrons. The van der Waals surface area contributed by atoms with Crippen LogP contribution in [0.4, 0.5) is 4.79 Å². The fraction of sp³-hybridized carbons (Fsp3) is 0.571. The predicted octanol–water partition coefficient (Wildman–Crippen LogP) is 2.49. The van der Waals surface area contributed by atoms with Crippen LogP contribution in [0.25, 0.3) is 0 Å². The normalized spacial score (nSPS) is 22.0. The Morgan fingerprint density at radius 2 is 2.30 bits per heavy atom. The van der Waals surface area contributed by atoms with Crippen molar-refractivity contribution in [2.24, 2.45) is 5.41 Å². The third-order valence-electron chi connectivity index (χ3n) is 4.05. The Morgan fingerprint density at radius 1 is 1.55 bits per heavy atom. The summed E-state index contributed by atoms with van der Waals surface area (Å²) in [4.78, 5) is 28.2. The number of carboxylic acids is 1. The van der Waals surface area contributed by atoms with Gasteiger partial charge in [-0.2, -0.15) is 0 Å². The molecular weight excluding hydrogens is 276 g/mol. The summed E-state index contributed by atoms with van der Waals surface area (Å²) in [6, 6.07) is 3.86. The fourth-order valence-corrected chi connectivity index (χ4v) is 3.35. The van der Waals surface area contributed by atoms with Gasteiger partial charge in [0.2, 0.25) is 0 Å². The first-order chi connectivity index (χ1) is 9.48. The summed E-state index contributed by atoms with van der Waals surface area (Å²) in [6.45, 7) is 3.27. The molecule has 1 fully saturated rings. The molecule has 0 saturated carbocycles. The summed E-state index contributed by atoms with van der Waals surface area (Å²) in [6.07, 6.45) is 1.10. The van der Waals surface area contributed by atoms with Gasteiger partial charge in [0.15, 0.2) is 0 Å². The van der Waals surface area contributed by atoms with Crippen LogP contribution in [0.3, 0.4) is 0 Å². The third kappa shape index (κ3) is 2.80. The van der Waals surface area contributed by atoms with E-state index in [1.807, 2.05) is 24.4 Å². The SMILES string of the molecule is CCC1(C(=O)O)CCN(C(=O)N(C)Cc2cccs2)C1. The highest BCUT2D eigenvalue weighted by Gasteiger charge is 2.45. The summed E-state index contributed by atoms with van der Waals surface area (Å²) in [5.74, 6) is -0.795. The number of carboxylic acid groups (broad SMARTS) is 1. The average Bonchev–Trinajstić information content (AvgIpc) is 3.07. The highest BCUT2D eigenvalue weighted by atomic mass is 32.1. The van der Waals surface area contributed by atoms with E-state index < -0.39 is 11.4 Å². The molecule has 2 amide bonds. The molecule has 5 nitrogen and oxygen atoms in total. The number of carbonyl (C=O) groups is 2. The molecule has 0 aromatic carbocycles. The van der Waals surface area contributed by atoms with Crippen molar-refractivity contribution in [2.75, 3.05) is 20.1 Å². The first-order valence-electron chi connectivity index (χ1n) is 6.74. The number of hydrogen-bond donors (Lipinski definition) is 1. The number of likely N-dealkylation sites (tertiary alicyclic amines) is 1. The Morgan fingerprint density at radius 3 is 2.80 bits per heavy atom. The molecule has 20 heavy (non-hydrogen) atoms. The van der Waals surface area contributed by atoms with Gasteiger partial charge in [-0.3, -0.25) is 4.79 Å². The van der Waals surface area contributed by atoms with Crippen molar-refractivity contribution in [3.63, 3.8) is 0 Å². The maximum atomic E-state index is 12.4. The quantitative estimate of drug-likeness (QED) is 0.928. The fourth-order valence-electron chi connectivity index (χ4n) is 2.60. The Bertz CT molecular complexity index is 489. The minimum absolute atomic E-state index is 0.0880. The lowest BCUT2D eigenvalue weighted by Crippen LogP contribution is -2.42. The zero-order valence-electron chi connectivity index (χ0n) is 11.8. The number of hydrogen-bond acceptors (Lipinski definition) is 3. The van der Waals surface area contributed by atoms with Crippen LogP contribution in [0.15, 0.2) is 17.5 Å². The van der Waals surface area contributed by atoms with Gasteiger partial charge in [0.1, 0.15) is 0 Å². The van der Waals surface area contributed by atoms with Crippen LogP contribution in [-0.2, 0) is 11.3 Å². The topological polar surface area (TPSA) is 60.9 Å². The summed E-state index contributed by atoms with van der Waals surface area (Å²) in [7, 11) is 1.76. The van der Waals surface area contributed by atoms with E-state index in [9.17, 15) is 14.7 Å². The van der Waals surface area contributed by atoms with E-state index in [1.54, 1.807) is 28.2 Å². The van der Waals surface area contributed by atoms with E-state index in [-0.39, 0.29) is 6.03 Å². The smallest absolute Gasteiger partial charge is 0.320 e. The molecule has 0 bridgehead atoms. The Kier molecular flexibility index (Phi) is 4.32. The molecule has 2 heterocycles. The number of aliphatic carboxylic acids is 1. The van der Waals surface area contributed by atoms with Crippen molar-refractivity contribution >= 4 is 23.3 Å². The maximum Gasteiger partial charge on any atom is 0.320 e. The first kappa shape index (κ1) is 14.8. The summed E-state index contributed by atoms with van der Waals surface area (Å²) in [5.41, 5.74) is -0.764. The molecule has 1 aromatic rings. The molecule has 1 aliphatic heterocycles. The van der Waals surface area contributed by atoms with E-state index in [0.29, 0.717) is 32.5 Å². The molecule has 0 radical (unpaired) electrons. The number of nitrogens with zero attached hydrogens (tertiary/aromatic N) is 2. The van der Waals surface area contributed by atoms with Crippen LogP contribution in [0, 0.1) is 5.41 Å². The summed E-state index contributed by atoms with van der Waals surface area (Å²) < 4.78 is 0. The molecule has 1 atom stereocenters. The van der Waals surface area contributed by atoms with Crippen molar-refractivity contribution in [1.82, 2.24) is 9.80 Å². The molecule has 6 heteroatoms. The van der Waals surface area contributed by atoms with E-state index in [2.05, 4.69) is 0 Å². The van der Waals surface area contributed by atoms with Crippen LogP contribution >= 0.6 is 11.3 Å². The zero-order valence-corrected chi connectivity index (χ0v) is 12.7. The lowest BCUT2D eigenvalue weighted by Gasteiger charge is -2.26. The lowest BCUT2D eigenvalue weighted by atomic mass is 9.84. The number of carbonyl (C=O) groups excluding carboxylic acids is 1. The van der Waals surface area contributed by atoms with Gasteiger partial charge in [-0.1, -0.05) is 13.0 Å². The highest BCUT2D eigenvalue weighted by molar-refractivity contribution is 7.09. The second-order valence-electron chi connectivity index (χ2n) is 5.33. The second kappa shape index (κ2) is 5.83. The standard InChI is InChI=1S/C14H20N2O3S/c1-3-14(12(17)18)6-7-16(10-14)13(19)15(2)9-11-5-4-8-20-11/h4-5,8H,3,6-7,9-10H2,1-2H3,(H,17,18). The van der Waals surface area contributed by atoms with Crippen LogP contribution in [0.5, 0.6) is 0 Å². The molecule has 0 spiro atoms. The molecule has 1 aliphatic rings. The van der Waals surface area contributed by atoms with Crippen molar-refractivity contribution in [1.29, 1.82) is 0 Å². The van der Waals surface area contributed by atoms with Gasteiger partial charge in [-0.05, 0) is 24.3 Å².